The van der Waals surface area contributed by atoms with Crippen LogP contribution >= 0.6 is 27.3 Å². The van der Waals surface area contributed by atoms with Crippen molar-refractivity contribution < 1.29 is 14.2 Å². The monoisotopic (exact) mass is 308 g/mol. The summed E-state index contributed by atoms with van der Waals surface area (Å²) in [5.41, 5.74) is 0. The minimum absolute atomic E-state index is 0.636. The largest absolute Gasteiger partial charge is 0.385 e. The zero-order valence-corrected chi connectivity index (χ0v) is 11.8. The molecule has 0 aliphatic heterocycles. The highest BCUT2D eigenvalue weighted by atomic mass is 79.9. The molecule has 0 aliphatic carbocycles. The normalized spacial score (nSPS) is 10.9. The van der Waals surface area contributed by atoms with Gasteiger partial charge >= 0.3 is 0 Å². The molecule has 0 amide bonds. The van der Waals surface area contributed by atoms with E-state index in [-0.39, 0.29) is 0 Å². The van der Waals surface area contributed by atoms with Crippen LogP contribution in [-0.2, 0) is 20.8 Å². The van der Waals surface area contributed by atoms with Crippen LogP contribution in [-0.4, -0.2) is 33.5 Å². The third-order valence-electron chi connectivity index (χ3n) is 1.93. The standard InChI is InChI=1S/C11H17BrO3S/c1-13-4-2-5-14-6-7-15-9-11-10(12)3-8-16-11/h3,8H,2,4-7,9H2,1H3. The quantitative estimate of drug-likeness (QED) is 0.656. The van der Waals surface area contributed by atoms with Gasteiger partial charge in [-0.15, -0.1) is 11.3 Å². The molecule has 0 radical (unpaired) electrons. The molecule has 1 aromatic rings. The van der Waals surface area contributed by atoms with Gasteiger partial charge in [0, 0.05) is 29.7 Å². The summed E-state index contributed by atoms with van der Waals surface area (Å²) in [5, 5.41) is 2.05. The van der Waals surface area contributed by atoms with Crippen molar-refractivity contribution in [3.05, 3.63) is 20.8 Å². The molecule has 0 saturated carbocycles. The van der Waals surface area contributed by atoms with E-state index in [1.54, 1.807) is 18.4 Å². The molecule has 0 unspecified atom stereocenters. The molecule has 1 heterocycles. The van der Waals surface area contributed by atoms with Gasteiger partial charge in [-0.2, -0.15) is 0 Å². The van der Waals surface area contributed by atoms with E-state index < -0.39 is 0 Å². The maximum absolute atomic E-state index is 5.49. The fourth-order valence-electron chi connectivity index (χ4n) is 1.12. The first-order valence-electron chi connectivity index (χ1n) is 5.21. The number of hydrogen-bond donors (Lipinski definition) is 0. The Labute approximate surface area is 109 Å². The van der Waals surface area contributed by atoms with E-state index >= 15 is 0 Å². The fraction of sp³-hybridized carbons (Fsp3) is 0.636. The lowest BCUT2D eigenvalue weighted by Gasteiger charge is -2.05. The Hall–Kier alpha value is 0.0600. The van der Waals surface area contributed by atoms with E-state index in [9.17, 15) is 0 Å². The molecule has 92 valence electrons. The molecular weight excluding hydrogens is 292 g/mol. The van der Waals surface area contributed by atoms with Gasteiger partial charge in [0.1, 0.15) is 0 Å². The van der Waals surface area contributed by atoms with Crippen LogP contribution < -0.4 is 0 Å². The van der Waals surface area contributed by atoms with Crippen LogP contribution in [0.4, 0.5) is 0 Å². The molecule has 1 rings (SSSR count). The Bertz CT molecular complexity index is 278. The lowest BCUT2D eigenvalue weighted by molar-refractivity contribution is 0.0343. The van der Waals surface area contributed by atoms with Crippen molar-refractivity contribution in [3.63, 3.8) is 0 Å². The molecule has 0 N–H and O–H groups in total. The molecule has 0 fully saturated rings. The minimum atomic E-state index is 0.636. The van der Waals surface area contributed by atoms with E-state index in [0.29, 0.717) is 19.8 Å². The van der Waals surface area contributed by atoms with Gasteiger partial charge in [-0.05, 0) is 33.8 Å². The van der Waals surface area contributed by atoms with Crippen molar-refractivity contribution in [2.75, 3.05) is 33.5 Å². The van der Waals surface area contributed by atoms with Crippen molar-refractivity contribution in [1.82, 2.24) is 0 Å². The lowest BCUT2D eigenvalue weighted by Crippen LogP contribution is -2.06. The molecule has 0 bridgehead atoms. The summed E-state index contributed by atoms with van der Waals surface area (Å²) in [6.07, 6.45) is 0.937. The van der Waals surface area contributed by atoms with Gasteiger partial charge in [-0.3, -0.25) is 0 Å². The van der Waals surface area contributed by atoms with Crippen molar-refractivity contribution in [3.8, 4) is 0 Å². The van der Waals surface area contributed by atoms with Crippen LogP contribution in [0.15, 0.2) is 15.9 Å². The maximum Gasteiger partial charge on any atom is 0.0821 e. The predicted molar refractivity (Wildman–Crippen MR) is 69.0 cm³/mol. The molecule has 1 aromatic heterocycles. The van der Waals surface area contributed by atoms with Crippen LogP contribution in [0, 0.1) is 0 Å². The maximum atomic E-state index is 5.49. The first-order chi connectivity index (χ1) is 7.84. The van der Waals surface area contributed by atoms with Crippen molar-refractivity contribution in [2.45, 2.75) is 13.0 Å². The Morgan fingerprint density at radius 3 is 2.69 bits per heavy atom. The van der Waals surface area contributed by atoms with E-state index in [1.165, 1.54) is 4.88 Å². The van der Waals surface area contributed by atoms with Gasteiger partial charge in [0.2, 0.25) is 0 Å². The van der Waals surface area contributed by atoms with Crippen LogP contribution in [0.5, 0.6) is 0 Å². The molecule has 5 heteroatoms. The van der Waals surface area contributed by atoms with Gasteiger partial charge in [-0.1, -0.05) is 0 Å². The Balaban J connectivity index is 1.91. The second-order valence-electron chi connectivity index (χ2n) is 3.20. The molecular formula is C11H17BrO3S. The average molecular weight is 309 g/mol. The fourth-order valence-corrected chi connectivity index (χ4v) is 2.52. The van der Waals surface area contributed by atoms with Crippen LogP contribution in [0.2, 0.25) is 0 Å². The van der Waals surface area contributed by atoms with Crippen molar-refractivity contribution in [1.29, 1.82) is 0 Å². The van der Waals surface area contributed by atoms with Crippen molar-refractivity contribution in [2.24, 2.45) is 0 Å². The second-order valence-corrected chi connectivity index (χ2v) is 5.06. The summed E-state index contributed by atoms with van der Waals surface area (Å²) < 4.78 is 16.9. The summed E-state index contributed by atoms with van der Waals surface area (Å²) in [5.74, 6) is 0. The van der Waals surface area contributed by atoms with Gasteiger partial charge in [0.05, 0.1) is 19.8 Å². The van der Waals surface area contributed by atoms with Crippen molar-refractivity contribution >= 4 is 27.3 Å². The Kier molecular flexibility index (Phi) is 8.06. The number of ether oxygens (including phenoxy) is 3. The van der Waals surface area contributed by atoms with E-state index in [1.807, 2.05) is 11.4 Å². The first kappa shape index (κ1) is 14.1. The number of methoxy groups -OCH3 is 1. The molecule has 0 aliphatic rings. The van der Waals surface area contributed by atoms with Crippen LogP contribution in [0.3, 0.4) is 0 Å². The second kappa shape index (κ2) is 9.13. The number of halogens is 1. The zero-order chi connectivity index (χ0) is 11.6. The van der Waals surface area contributed by atoms with E-state index in [0.717, 1.165) is 24.1 Å². The van der Waals surface area contributed by atoms with Crippen LogP contribution in [0.1, 0.15) is 11.3 Å². The summed E-state index contributed by atoms with van der Waals surface area (Å²) >= 11 is 5.16. The van der Waals surface area contributed by atoms with Gasteiger partial charge < -0.3 is 14.2 Å². The van der Waals surface area contributed by atoms with Gasteiger partial charge in [-0.25, -0.2) is 0 Å². The molecule has 16 heavy (non-hydrogen) atoms. The molecule has 0 saturated heterocycles. The highest BCUT2D eigenvalue weighted by molar-refractivity contribution is 9.10. The minimum Gasteiger partial charge on any atom is -0.385 e. The molecule has 0 atom stereocenters. The van der Waals surface area contributed by atoms with Gasteiger partial charge in [0.15, 0.2) is 0 Å². The highest BCUT2D eigenvalue weighted by Crippen LogP contribution is 2.23. The van der Waals surface area contributed by atoms with E-state index in [4.69, 9.17) is 14.2 Å². The lowest BCUT2D eigenvalue weighted by atomic mass is 10.5. The third kappa shape index (κ3) is 5.96. The molecule has 0 aromatic carbocycles. The highest BCUT2D eigenvalue weighted by Gasteiger charge is 2.00. The SMILES string of the molecule is COCCCOCCOCc1sccc1Br. The molecule has 0 spiro atoms. The average Bonchev–Trinajstić information content (AvgIpc) is 2.68. The summed E-state index contributed by atoms with van der Waals surface area (Å²) in [6.45, 7) is 3.42. The smallest absolute Gasteiger partial charge is 0.0821 e. The number of rotatable bonds is 9. The van der Waals surface area contributed by atoms with Crippen LogP contribution in [0.25, 0.3) is 0 Å². The number of hydrogen-bond acceptors (Lipinski definition) is 4. The summed E-state index contributed by atoms with van der Waals surface area (Å²) in [4.78, 5) is 1.22. The first-order valence-corrected chi connectivity index (χ1v) is 6.88. The molecule has 3 nitrogen and oxygen atoms in total. The van der Waals surface area contributed by atoms with E-state index in [2.05, 4.69) is 15.9 Å². The number of thiophene rings is 1. The van der Waals surface area contributed by atoms with Gasteiger partial charge in [0.25, 0.3) is 0 Å². The zero-order valence-electron chi connectivity index (χ0n) is 9.41. The topological polar surface area (TPSA) is 27.7 Å². The Morgan fingerprint density at radius 1 is 1.19 bits per heavy atom. The predicted octanol–water partition coefficient (Wildman–Crippen LogP) is 3.08. The summed E-state index contributed by atoms with van der Waals surface area (Å²) in [7, 11) is 1.70. The third-order valence-corrected chi connectivity index (χ3v) is 3.83. The summed E-state index contributed by atoms with van der Waals surface area (Å²) in [6, 6.07) is 2.03. The Morgan fingerprint density at radius 2 is 2.00 bits per heavy atom.